The van der Waals surface area contributed by atoms with Gasteiger partial charge in [-0.1, -0.05) is 6.92 Å². The maximum absolute atomic E-state index is 5.80. The van der Waals surface area contributed by atoms with Gasteiger partial charge >= 0.3 is 0 Å². The molecule has 0 aliphatic carbocycles. The normalized spacial score (nSPS) is 22.2. The highest BCUT2D eigenvalue weighted by Crippen LogP contribution is 2.05. The van der Waals surface area contributed by atoms with Crippen LogP contribution in [0.3, 0.4) is 0 Å². The Kier molecular flexibility index (Phi) is 8.22. The number of nitrogens with zero attached hydrogens (tertiary/aromatic N) is 2. The van der Waals surface area contributed by atoms with E-state index in [1.54, 1.807) is 0 Å². The maximum atomic E-state index is 5.80. The Hall–Kier alpha value is 0.190. The van der Waals surface area contributed by atoms with E-state index in [1.807, 2.05) is 11.8 Å². The van der Waals surface area contributed by atoms with Crippen LogP contribution in [0.15, 0.2) is 0 Å². The number of morpholine rings is 1. The van der Waals surface area contributed by atoms with E-state index in [0.717, 1.165) is 51.8 Å². The summed E-state index contributed by atoms with van der Waals surface area (Å²) < 4.78 is 5.80. The lowest BCUT2D eigenvalue weighted by atomic mass is 10.2. The fraction of sp³-hybridized carbons (Fsp3) is 1.00. The molecule has 1 rings (SSSR count). The van der Waals surface area contributed by atoms with Crippen molar-refractivity contribution in [2.45, 2.75) is 13.0 Å². The predicted molar refractivity (Wildman–Crippen MR) is 75.7 cm³/mol. The topological polar surface area (TPSA) is 27.7 Å². The monoisotopic (exact) mass is 261 g/mol. The molecular formula is C12H27N3OS. The summed E-state index contributed by atoms with van der Waals surface area (Å²) in [6.07, 6.45) is 2.51. The molecule has 0 saturated carbocycles. The standard InChI is InChI=1S/C12H27N3OS/c1-4-14(2)9-12-10-15(7-8-16-12)6-5-13-11-17-3/h12-13H,4-11H2,1-3H3/t12-/m1/s1. The van der Waals surface area contributed by atoms with Crippen LogP contribution in [0.5, 0.6) is 0 Å². The van der Waals surface area contributed by atoms with Gasteiger partial charge in [-0.05, 0) is 19.8 Å². The van der Waals surface area contributed by atoms with E-state index >= 15 is 0 Å². The molecule has 5 heteroatoms. The fourth-order valence-electron chi connectivity index (χ4n) is 1.98. The molecule has 0 aromatic carbocycles. The molecule has 0 aromatic rings. The molecule has 1 heterocycles. The third-order valence-electron chi connectivity index (χ3n) is 3.13. The lowest BCUT2D eigenvalue weighted by Crippen LogP contribution is -2.48. The number of likely N-dealkylation sites (N-methyl/N-ethyl adjacent to an activating group) is 1. The molecule has 0 spiro atoms. The van der Waals surface area contributed by atoms with Gasteiger partial charge in [0.05, 0.1) is 12.7 Å². The zero-order valence-corrected chi connectivity index (χ0v) is 12.3. The second-order valence-corrected chi connectivity index (χ2v) is 5.45. The molecule has 0 unspecified atom stereocenters. The number of thioether (sulfide) groups is 1. The van der Waals surface area contributed by atoms with Crippen molar-refractivity contribution in [3.63, 3.8) is 0 Å². The molecule has 1 aliphatic rings. The second-order valence-electron chi connectivity index (χ2n) is 4.58. The molecule has 0 bridgehead atoms. The van der Waals surface area contributed by atoms with Crippen LogP contribution in [0.4, 0.5) is 0 Å². The molecule has 1 saturated heterocycles. The molecule has 4 nitrogen and oxygen atoms in total. The minimum absolute atomic E-state index is 0.384. The molecular weight excluding hydrogens is 234 g/mol. The second kappa shape index (κ2) is 9.16. The van der Waals surface area contributed by atoms with E-state index in [2.05, 4.69) is 35.3 Å². The van der Waals surface area contributed by atoms with E-state index in [-0.39, 0.29) is 0 Å². The summed E-state index contributed by atoms with van der Waals surface area (Å²) in [7, 11) is 2.16. The van der Waals surface area contributed by atoms with Gasteiger partial charge in [0.15, 0.2) is 0 Å². The molecule has 0 amide bonds. The number of ether oxygens (including phenoxy) is 1. The van der Waals surface area contributed by atoms with Crippen molar-refractivity contribution in [1.29, 1.82) is 0 Å². The summed E-state index contributed by atoms with van der Waals surface area (Å²) in [6.45, 7) is 9.57. The Morgan fingerprint density at radius 3 is 3.06 bits per heavy atom. The Bertz CT molecular complexity index is 195. The van der Waals surface area contributed by atoms with Gasteiger partial charge in [-0.25, -0.2) is 0 Å². The van der Waals surface area contributed by atoms with Crippen LogP contribution in [0, 0.1) is 0 Å². The Morgan fingerprint density at radius 1 is 1.53 bits per heavy atom. The van der Waals surface area contributed by atoms with Crippen LogP contribution in [0.2, 0.25) is 0 Å². The lowest BCUT2D eigenvalue weighted by Gasteiger charge is -2.34. The molecule has 1 atom stereocenters. The highest BCUT2D eigenvalue weighted by molar-refractivity contribution is 7.98. The molecule has 17 heavy (non-hydrogen) atoms. The summed E-state index contributed by atoms with van der Waals surface area (Å²) in [5.41, 5.74) is 0. The minimum Gasteiger partial charge on any atom is -0.374 e. The molecule has 1 fully saturated rings. The van der Waals surface area contributed by atoms with Gasteiger partial charge in [0, 0.05) is 38.6 Å². The molecule has 0 aromatic heterocycles. The zero-order valence-electron chi connectivity index (χ0n) is 11.4. The van der Waals surface area contributed by atoms with Crippen LogP contribution >= 0.6 is 11.8 Å². The van der Waals surface area contributed by atoms with Crippen LogP contribution < -0.4 is 5.32 Å². The summed E-state index contributed by atoms with van der Waals surface area (Å²) in [6, 6.07) is 0. The van der Waals surface area contributed by atoms with Gasteiger partial charge < -0.3 is 15.0 Å². The predicted octanol–water partition coefficient (Wildman–Crippen LogP) is 0.549. The first-order chi connectivity index (χ1) is 8.26. The Labute approximate surface area is 110 Å². The first-order valence-electron chi connectivity index (χ1n) is 6.48. The number of nitrogens with one attached hydrogen (secondary N) is 1. The zero-order chi connectivity index (χ0) is 12.5. The van der Waals surface area contributed by atoms with Crippen molar-refractivity contribution in [3.05, 3.63) is 0 Å². The highest BCUT2D eigenvalue weighted by Gasteiger charge is 2.20. The maximum Gasteiger partial charge on any atom is 0.0829 e. The van der Waals surface area contributed by atoms with Crippen molar-refractivity contribution < 1.29 is 4.74 Å². The summed E-state index contributed by atoms with van der Waals surface area (Å²) in [4.78, 5) is 4.82. The first-order valence-corrected chi connectivity index (χ1v) is 7.87. The van der Waals surface area contributed by atoms with Gasteiger partial charge in [-0.2, -0.15) is 0 Å². The van der Waals surface area contributed by atoms with Gasteiger partial charge in [0.2, 0.25) is 0 Å². The number of hydrogen-bond donors (Lipinski definition) is 1. The summed E-state index contributed by atoms with van der Waals surface area (Å²) in [5.74, 6) is 1.05. The largest absolute Gasteiger partial charge is 0.374 e. The molecule has 1 N–H and O–H groups in total. The van der Waals surface area contributed by atoms with Crippen molar-refractivity contribution >= 4 is 11.8 Å². The Morgan fingerprint density at radius 2 is 2.35 bits per heavy atom. The third kappa shape index (κ3) is 6.62. The van der Waals surface area contributed by atoms with Crippen molar-refractivity contribution in [1.82, 2.24) is 15.1 Å². The lowest BCUT2D eigenvalue weighted by molar-refractivity contribution is -0.0394. The minimum atomic E-state index is 0.384. The third-order valence-corrected chi connectivity index (χ3v) is 3.62. The van der Waals surface area contributed by atoms with Crippen LogP contribution in [-0.2, 0) is 4.74 Å². The van der Waals surface area contributed by atoms with Gasteiger partial charge in [0.1, 0.15) is 0 Å². The molecule has 1 aliphatic heterocycles. The van der Waals surface area contributed by atoms with Gasteiger partial charge in [0.25, 0.3) is 0 Å². The Balaban J connectivity index is 2.14. The van der Waals surface area contributed by atoms with Crippen LogP contribution in [0.1, 0.15) is 6.92 Å². The first kappa shape index (κ1) is 15.2. The van der Waals surface area contributed by atoms with E-state index in [0.29, 0.717) is 6.10 Å². The molecule has 0 radical (unpaired) electrons. The smallest absolute Gasteiger partial charge is 0.0829 e. The SMILES string of the molecule is CCN(C)C[C@@H]1CN(CCNCSC)CCO1. The van der Waals surface area contributed by atoms with Gasteiger partial charge in [-0.3, -0.25) is 4.90 Å². The number of rotatable bonds is 8. The van der Waals surface area contributed by atoms with Gasteiger partial charge in [-0.15, -0.1) is 11.8 Å². The summed E-state index contributed by atoms with van der Waals surface area (Å²) >= 11 is 1.84. The van der Waals surface area contributed by atoms with E-state index in [1.165, 1.54) is 0 Å². The highest BCUT2D eigenvalue weighted by atomic mass is 32.2. The quantitative estimate of drug-likeness (QED) is 0.509. The summed E-state index contributed by atoms with van der Waals surface area (Å²) in [5, 5.41) is 3.42. The van der Waals surface area contributed by atoms with E-state index < -0.39 is 0 Å². The average Bonchev–Trinajstić information content (AvgIpc) is 2.35. The van der Waals surface area contributed by atoms with Crippen molar-refractivity contribution in [3.8, 4) is 0 Å². The van der Waals surface area contributed by atoms with E-state index in [9.17, 15) is 0 Å². The van der Waals surface area contributed by atoms with Crippen LogP contribution in [0.25, 0.3) is 0 Å². The van der Waals surface area contributed by atoms with Crippen molar-refractivity contribution in [2.24, 2.45) is 0 Å². The average molecular weight is 261 g/mol. The van der Waals surface area contributed by atoms with Crippen molar-refractivity contribution in [2.75, 3.05) is 65.1 Å². The molecule has 102 valence electrons. The number of hydrogen-bond acceptors (Lipinski definition) is 5. The fourth-order valence-corrected chi connectivity index (χ4v) is 2.33. The van der Waals surface area contributed by atoms with Crippen LogP contribution in [-0.4, -0.2) is 81.0 Å². The van der Waals surface area contributed by atoms with E-state index in [4.69, 9.17) is 4.74 Å².